The second kappa shape index (κ2) is 7.84. The minimum Gasteiger partial charge on any atom is -0.506 e. The molecule has 0 radical (unpaired) electrons. The number of phenolic OH excluding ortho intramolecular Hbond substituents is 1. The molecule has 1 aromatic heterocycles. The van der Waals surface area contributed by atoms with Crippen LogP contribution in [0.15, 0.2) is 39.5 Å². The van der Waals surface area contributed by atoms with Crippen LogP contribution in [0, 0.1) is 6.92 Å². The number of rotatable bonds is 5. The summed E-state index contributed by atoms with van der Waals surface area (Å²) in [7, 11) is 0. The molecule has 3 aromatic rings. The molecule has 1 amide bonds. The van der Waals surface area contributed by atoms with Crippen molar-refractivity contribution in [3.63, 3.8) is 0 Å². The highest BCUT2D eigenvalue weighted by atomic mass is 16.5. The summed E-state index contributed by atoms with van der Waals surface area (Å²) in [6.07, 6.45) is -0.110. The van der Waals surface area contributed by atoms with Gasteiger partial charge in [-0.05, 0) is 37.1 Å². The van der Waals surface area contributed by atoms with Gasteiger partial charge in [-0.3, -0.25) is 14.4 Å². The molecular weight excluding hydrogens is 418 g/mol. The van der Waals surface area contributed by atoms with Gasteiger partial charge in [0.05, 0.1) is 11.8 Å². The van der Waals surface area contributed by atoms with Gasteiger partial charge in [-0.15, -0.1) is 0 Å². The molecule has 2 heterocycles. The van der Waals surface area contributed by atoms with Crippen molar-refractivity contribution in [2.24, 2.45) is 5.73 Å². The lowest BCUT2D eigenvalue weighted by Crippen LogP contribution is -2.24. The Morgan fingerprint density at radius 2 is 2.00 bits per heavy atom. The number of esters is 1. The summed E-state index contributed by atoms with van der Waals surface area (Å²) in [6.45, 7) is 2.52. The number of phenols is 1. The van der Waals surface area contributed by atoms with Gasteiger partial charge in [0, 0.05) is 17.5 Å². The normalized spacial score (nSPS) is 15.2. The smallest absolute Gasteiger partial charge is 0.336 e. The van der Waals surface area contributed by atoms with Crippen LogP contribution in [0.25, 0.3) is 11.0 Å². The highest BCUT2D eigenvalue weighted by Crippen LogP contribution is 2.49. The SMILES string of the molecule is CC(=O)c1c2c(c3oc(=O)cc(C)c3c1O)C(c1cccc(OCC(N)=O)c1)CC(=O)O2. The number of Topliss-reactive ketones (excluding diaryl/α,β-unsaturated/α-hetero) is 1. The van der Waals surface area contributed by atoms with Crippen molar-refractivity contribution in [1.82, 2.24) is 0 Å². The average Bonchev–Trinajstić information content (AvgIpc) is 2.71. The molecule has 0 aliphatic carbocycles. The van der Waals surface area contributed by atoms with E-state index in [2.05, 4.69) is 0 Å². The van der Waals surface area contributed by atoms with Crippen LogP contribution in [-0.4, -0.2) is 29.4 Å². The Kier molecular flexibility index (Phi) is 5.17. The number of benzene rings is 2. The Morgan fingerprint density at radius 3 is 2.69 bits per heavy atom. The van der Waals surface area contributed by atoms with Crippen LogP contribution in [0.1, 0.15) is 46.3 Å². The standard InChI is InChI=1S/C23H19NO8/c1-10-6-16(27)31-22-18(10)21(29)19(11(2)25)23-20(22)14(8-17(28)32-23)12-4-3-5-13(7-12)30-9-15(24)26/h3-7,14,29H,8-9H2,1-2H3,(H2,24,26). The van der Waals surface area contributed by atoms with Crippen molar-refractivity contribution < 1.29 is 33.4 Å². The van der Waals surface area contributed by atoms with E-state index < -0.39 is 35.0 Å². The summed E-state index contributed by atoms with van der Waals surface area (Å²) in [5.41, 5.74) is 5.66. The Balaban J connectivity index is 2.02. The first-order valence-corrected chi connectivity index (χ1v) is 9.73. The average molecular weight is 437 g/mol. The molecule has 0 bridgehead atoms. The Labute approximate surface area is 181 Å². The highest BCUT2D eigenvalue weighted by molar-refractivity contribution is 6.09. The van der Waals surface area contributed by atoms with Crippen molar-refractivity contribution in [2.75, 3.05) is 6.61 Å². The highest BCUT2D eigenvalue weighted by Gasteiger charge is 2.37. The number of aromatic hydroxyl groups is 1. The van der Waals surface area contributed by atoms with E-state index in [-0.39, 0.29) is 35.3 Å². The minimum absolute atomic E-state index is 0.0356. The van der Waals surface area contributed by atoms with E-state index in [1.807, 2.05) is 0 Å². The maximum absolute atomic E-state index is 12.5. The van der Waals surface area contributed by atoms with E-state index >= 15 is 0 Å². The lowest BCUT2D eigenvalue weighted by atomic mass is 9.82. The molecule has 9 heteroatoms. The van der Waals surface area contributed by atoms with E-state index in [0.717, 1.165) is 0 Å². The molecule has 2 aromatic carbocycles. The Morgan fingerprint density at radius 1 is 1.25 bits per heavy atom. The predicted molar refractivity (Wildman–Crippen MR) is 112 cm³/mol. The fraction of sp³-hybridized carbons (Fsp3) is 0.217. The zero-order chi connectivity index (χ0) is 23.2. The molecule has 9 nitrogen and oxygen atoms in total. The lowest BCUT2D eigenvalue weighted by molar-refractivity contribution is -0.135. The van der Waals surface area contributed by atoms with Crippen LogP contribution in [0.2, 0.25) is 0 Å². The van der Waals surface area contributed by atoms with Crippen LogP contribution >= 0.6 is 0 Å². The molecule has 4 rings (SSSR count). The summed E-state index contributed by atoms with van der Waals surface area (Å²) < 4.78 is 16.2. The van der Waals surface area contributed by atoms with Gasteiger partial charge in [0.25, 0.3) is 5.91 Å². The number of amides is 1. The Hall–Kier alpha value is -4.14. The number of carbonyl (C=O) groups excluding carboxylic acids is 3. The molecule has 1 unspecified atom stereocenters. The number of ketones is 1. The molecule has 0 fully saturated rings. The second-order valence-electron chi connectivity index (χ2n) is 7.53. The number of hydrogen-bond acceptors (Lipinski definition) is 8. The van der Waals surface area contributed by atoms with Gasteiger partial charge in [0.1, 0.15) is 22.6 Å². The van der Waals surface area contributed by atoms with E-state index in [4.69, 9.17) is 19.6 Å². The van der Waals surface area contributed by atoms with Gasteiger partial charge in [-0.2, -0.15) is 0 Å². The molecule has 3 N–H and O–H groups in total. The summed E-state index contributed by atoms with van der Waals surface area (Å²) in [5.74, 6) is -2.67. The summed E-state index contributed by atoms with van der Waals surface area (Å²) in [6, 6.07) is 7.84. The molecule has 1 aliphatic heterocycles. The predicted octanol–water partition coefficient (Wildman–Crippen LogP) is 2.31. The van der Waals surface area contributed by atoms with Crippen LogP contribution in [0.4, 0.5) is 0 Å². The van der Waals surface area contributed by atoms with E-state index in [1.165, 1.54) is 13.0 Å². The third-order valence-electron chi connectivity index (χ3n) is 5.28. The molecule has 0 spiro atoms. The lowest BCUT2D eigenvalue weighted by Gasteiger charge is -2.28. The first-order chi connectivity index (χ1) is 15.2. The number of ether oxygens (including phenoxy) is 2. The minimum atomic E-state index is -0.672. The van der Waals surface area contributed by atoms with E-state index in [1.54, 1.807) is 31.2 Å². The van der Waals surface area contributed by atoms with Gasteiger partial charge < -0.3 is 24.7 Å². The molecule has 32 heavy (non-hydrogen) atoms. The monoisotopic (exact) mass is 437 g/mol. The number of nitrogens with two attached hydrogens (primary N) is 1. The van der Waals surface area contributed by atoms with Crippen molar-refractivity contribution in [3.05, 3.63) is 63.0 Å². The van der Waals surface area contributed by atoms with Crippen molar-refractivity contribution in [3.8, 4) is 17.2 Å². The summed E-state index contributed by atoms with van der Waals surface area (Å²) in [4.78, 5) is 48.1. The molecule has 1 atom stereocenters. The fourth-order valence-corrected chi connectivity index (χ4v) is 4.00. The first-order valence-electron chi connectivity index (χ1n) is 9.73. The zero-order valence-corrected chi connectivity index (χ0v) is 17.3. The quantitative estimate of drug-likeness (QED) is 0.268. The van der Waals surface area contributed by atoms with E-state index in [0.29, 0.717) is 22.4 Å². The topological polar surface area (TPSA) is 146 Å². The number of aryl methyl sites for hydroxylation is 1. The maximum atomic E-state index is 12.5. The summed E-state index contributed by atoms with van der Waals surface area (Å²) >= 11 is 0. The number of fused-ring (bicyclic) bond motifs is 3. The molecular formula is C23H19NO8. The molecule has 0 saturated heterocycles. The third kappa shape index (κ3) is 3.58. The number of hydrogen-bond donors (Lipinski definition) is 2. The Bertz CT molecular complexity index is 1350. The summed E-state index contributed by atoms with van der Waals surface area (Å²) in [5, 5.41) is 11.0. The van der Waals surface area contributed by atoms with E-state index in [9.17, 15) is 24.3 Å². The maximum Gasteiger partial charge on any atom is 0.336 e. The van der Waals surface area contributed by atoms with Crippen molar-refractivity contribution >= 4 is 28.6 Å². The van der Waals surface area contributed by atoms with Crippen LogP contribution in [0.3, 0.4) is 0 Å². The fourth-order valence-electron chi connectivity index (χ4n) is 4.00. The first kappa shape index (κ1) is 21.1. The van der Waals surface area contributed by atoms with Crippen LogP contribution in [0.5, 0.6) is 17.2 Å². The van der Waals surface area contributed by atoms with Crippen molar-refractivity contribution in [1.29, 1.82) is 0 Å². The van der Waals surface area contributed by atoms with Crippen LogP contribution < -0.4 is 20.8 Å². The molecule has 1 aliphatic rings. The number of primary amides is 1. The zero-order valence-electron chi connectivity index (χ0n) is 17.3. The molecule has 0 saturated carbocycles. The largest absolute Gasteiger partial charge is 0.506 e. The van der Waals surface area contributed by atoms with Gasteiger partial charge in [0.15, 0.2) is 18.1 Å². The van der Waals surface area contributed by atoms with Gasteiger partial charge in [0.2, 0.25) is 0 Å². The van der Waals surface area contributed by atoms with Crippen molar-refractivity contribution in [2.45, 2.75) is 26.2 Å². The van der Waals surface area contributed by atoms with Gasteiger partial charge in [-0.25, -0.2) is 4.79 Å². The third-order valence-corrected chi connectivity index (χ3v) is 5.28. The number of carbonyl (C=O) groups is 3. The second-order valence-corrected chi connectivity index (χ2v) is 7.53. The van der Waals surface area contributed by atoms with Gasteiger partial charge in [-0.1, -0.05) is 12.1 Å². The van der Waals surface area contributed by atoms with Gasteiger partial charge >= 0.3 is 11.6 Å². The molecule has 164 valence electrons. The van der Waals surface area contributed by atoms with Crippen LogP contribution in [-0.2, 0) is 9.59 Å².